The van der Waals surface area contributed by atoms with Crippen LogP contribution in [0.1, 0.15) is 48.8 Å². The molecule has 0 bridgehead atoms. The van der Waals surface area contributed by atoms with Crippen molar-refractivity contribution >= 4 is 41.8 Å². The predicted octanol–water partition coefficient (Wildman–Crippen LogP) is 2.73. The van der Waals surface area contributed by atoms with Crippen LogP contribution in [0.2, 0.25) is 0 Å². The van der Waals surface area contributed by atoms with Gasteiger partial charge >= 0.3 is 0 Å². The average molecular weight is 374 g/mol. The lowest BCUT2D eigenvalue weighted by atomic mass is 10.0. The predicted molar refractivity (Wildman–Crippen MR) is 100 cm³/mol. The Balaban J connectivity index is 0.00000144. The van der Waals surface area contributed by atoms with Crippen LogP contribution in [-0.2, 0) is 0 Å². The van der Waals surface area contributed by atoms with Crippen LogP contribution < -0.4 is 5.73 Å². The van der Waals surface area contributed by atoms with Crippen molar-refractivity contribution in [2.24, 2.45) is 5.73 Å². The van der Waals surface area contributed by atoms with Gasteiger partial charge < -0.3 is 10.6 Å². The second kappa shape index (κ2) is 8.14. The molecule has 2 aromatic heterocycles. The van der Waals surface area contributed by atoms with E-state index >= 15 is 0 Å². The van der Waals surface area contributed by atoms with Crippen LogP contribution >= 0.6 is 24.8 Å². The van der Waals surface area contributed by atoms with Crippen molar-refractivity contribution < 1.29 is 4.79 Å². The fourth-order valence-electron chi connectivity index (χ4n) is 3.06. The van der Waals surface area contributed by atoms with Crippen molar-refractivity contribution in [3.05, 3.63) is 23.5 Å². The van der Waals surface area contributed by atoms with Gasteiger partial charge in [-0.05, 0) is 39.7 Å². The molecule has 1 atom stereocenters. The molecule has 6 nitrogen and oxygen atoms in total. The van der Waals surface area contributed by atoms with E-state index in [1.54, 1.807) is 6.20 Å². The van der Waals surface area contributed by atoms with Gasteiger partial charge in [0.25, 0.3) is 5.91 Å². The molecular weight excluding hydrogens is 349 g/mol. The van der Waals surface area contributed by atoms with Gasteiger partial charge in [0.1, 0.15) is 0 Å². The van der Waals surface area contributed by atoms with Crippen LogP contribution in [0.4, 0.5) is 0 Å². The molecule has 1 amide bonds. The number of aryl methyl sites for hydroxylation is 1. The number of halogens is 2. The zero-order valence-corrected chi connectivity index (χ0v) is 15.9. The molecule has 8 heteroatoms. The Hall–Kier alpha value is -1.37. The number of piperidine rings is 1. The number of carbonyl (C=O) groups excluding carboxylic acids is 1. The molecule has 3 heterocycles. The van der Waals surface area contributed by atoms with Gasteiger partial charge in [-0.3, -0.25) is 4.79 Å². The van der Waals surface area contributed by atoms with E-state index in [9.17, 15) is 4.79 Å². The highest BCUT2D eigenvalue weighted by atomic mass is 35.5. The third-order valence-electron chi connectivity index (χ3n) is 4.16. The zero-order valence-electron chi connectivity index (χ0n) is 14.2. The summed E-state index contributed by atoms with van der Waals surface area (Å²) < 4.78 is 1.86. The van der Waals surface area contributed by atoms with E-state index in [4.69, 9.17) is 5.73 Å². The first-order chi connectivity index (χ1) is 10.5. The molecule has 1 saturated heterocycles. The molecule has 3 rings (SSSR count). The molecule has 0 radical (unpaired) electrons. The summed E-state index contributed by atoms with van der Waals surface area (Å²) in [6.45, 7) is 7.42. The summed E-state index contributed by atoms with van der Waals surface area (Å²) in [5.74, 6) is 0.0361. The number of rotatable bonds is 2. The summed E-state index contributed by atoms with van der Waals surface area (Å²) in [7, 11) is 0. The number of nitrogens with zero attached hydrogens (tertiary/aromatic N) is 4. The van der Waals surface area contributed by atoms with Gasteiger partial charge in [-0.25, -0.2) is 9.67 Å². The maximum Gasteiger partial charge on any atom is 0.254 e. The number of aromatic nitrogens is 3. The van der Waals surface area contributed by atoms with Gasteiger partial charge in [-0.2, -0.15) is 5.10 Å². The first-order valence-corrected chi connectivity index (χ1v) is 7.87. The number of hydrogen-bond donors (Lipinski definition) is 1. The van der Waals surface area contributed by atoms with Crippen molar-refractivity contribution in [1.82, 2.24) is 19.7 Å². The molecule has 2 aromatic rings. The minimum atomic E-state index is 0. The Morgan fingerprint density at radius 1 is 1.38 bits per heavy atom. The third-order valence-corrected chi connectivity index (χ3v) is 4.16. The fraction of sp³-hybridized carbons (Fsp3) is 0.562. The van der Waals surface area contributed by atoms with Crippen LogP contribution in [-0.4, -0.2) is 44.7 Å². The minimum absolute atomic E-state index is 0. The van der Waals surface area contributed by atoms with E-state index in [1.165, 1.54) is 0 Å². The Kier molecular flexibility index (Phi) is 7.01. The summed E-state index contributed by atoms with van der Waals surface area (Å²) in [6.07, 6.45) is 3.70. The van der Waals surface area contributed by atoms with Crippen LogP contribution in [0.5, 0.6) is 0 Å². The van der Waals surface area contributed by atoms with Crippen molar-refractivity contribution in [3.8, 4) is 0 Å². The van der Waals surface area contributed by atoms with E-state index < -0.39 is 0 Å². The largest absolute Gasteiger partial charge is 0.337 e. The molecule has 1 fully saturated rings. The summed E-state index contributed by atoms with van der Waals surface area (Å²) in [4.78, 5) is 19.3. The number of nitrogens with two attached hydrogens (primary N) is 1. The SMILES string of the molecule is Cc1cc(C(=O)N2CCCC(N)C2)c2cnn(C(C)C)c2n1.Cl.Cl. The molecule has 0 aliphatic carbocycles. The number of fused-ring (bicyclic) bond motifs is 1. The summed E-state index contributed by atoms with van der Waals surface area (Å²) >= 11 is 0. The molecule has 1 aliphatic rings. The lowest BCUT2D eigenvalue weighted by molar-refractivity contribution is 0.0710. The van der Waals surface area contributed by atoms with Crippen LogP contribution in [0.25, 0.3) is 11.0 Å². The van der Waals surface area contributed by atoms with Crippen LogP contribution in [0.3, 0.4) is 0 Å². The lowest BCUT2D eigenvalue weighted by Gasteiger charge is -2.31. The minimum Gasteiger partial charge on any atom is -0.337 e. The van der Waals surface area contributed by atoms with E-state index in [-0.39, 0.29) is 42.8 Å². The van der Waals surface area contributed by atoms with E-state index in [1.807, 2.05) is 22.6 Å². The van der Waals surface area contributed by atoms with Crippen molar-refractivity contribution in [2.45, 2.75) is 45.7 Å². The quantitative estimate of drug-likeness (QED) is 0.877. The van der Waals surface area contributed by atoms with Crippen molar-refractivity contribution in [1.29, 1.82) is 0 Å². The summed E-state index contributed by atoms with van der Waals surface area (Å²) in [6, 6.07) is 2.14. The van der Waals surface area contributed by atoms with E-state index in [2.05, 4.69) is 23.9 Å². The van der Waals surface area contributed by atoms with Crippen LogP contribution in [0.15, 0.2) is 12.3 Å². The second-order valence-electron chi connectivity index (χ2n) is 6.38. The Labute approximate surface area is 154 Å². The number of pyridine rings is 1. The van der Waals surface area contributed by atoms with Gasteiger partial charge in [-0.15, -0.1) is 24.8 Å². The Morgan fingerprint density at radius 2 is 2.08 bits per heavy atom. The zero-order chi connectivity index (χ0) is 15.9. The molecule has 0 spiro atoms. The maximum absolute atomic E-state index is 12.9. The highest BCUT2D eigenvalue weighted by Crippen LogP contribution is 2.23. The highest BCUT2D eigenvalue weighted by Gasteiger charge is 2.25. The molecule has 1 aliphatic heterocycles. The number of hydrogen-bond acceptors (Lipinski definition) is 4. The standard InChI is InChI=1S/C16H23N5O.2ClH/c1-10(2)21-15-14(8-18-21)13(7-11(3)19-15)16(22)20-6-4-5-12(17)9-20;;/h7-8,10,12H,4-6,9,17H2,1-3H3;2*1H. The molecular formula is C16H25Cl2N5O. The van der Waals surface area contributed by atoms with Gasteiger partial charge in [0, 0.05) is 30.9 Å². The second-order valence-corrected chi connectivity index (χ2v) is 6.38. The van der Waals surface area contributed by atoms with Gasteiger partial charge in [0.05, 0.1) is 17.1 Å². The van der Waals surface area contributed by atoms with E-state index in [0.29, 0.717) is 12.1 Å². The topological polar surface area (TPSA) is 77.0 Å². The van der Waals surface area contributed by atoms with E-state index in [0.717, 1.165) is 36.1 Å². The maximum atomic E-state index is 12.9. The number of amides is 1. The number of carbonyl (C=O) groups is 1. The van der Waals surface area contributed by atoms with Gasteiger partial charge in [0.2, 0.25) is 0 Å². The Bertz CT molecular complexity index is 716. The van der Waals surface area contributed by atoms with Crippen molar-refractivity contribution in [3.63, 3.8) is 0 Å². The molecule has 0 saturated carbocycles. The first-order valence-electron chi connectivity index (χ1n) is 7.87. The van der Waals surface area contributed by atoms with Gasteiger partial charge in [0.15, 0.2) is 5.65 Å². The molecule has 24 heavy (non-hydrogen) atoms. The molecule has 134 valence electrons. The third kappa shape index (κ3) is 3.82. The highest BCUT2D eigenvalue weighted by molar-refractivity contribution is 6.05. The number of likely N-dealkylation sites (tertiary alicyclic amines) is 1. The smallest absolute Gasteiger partial charge is 0.254 e. The lowest BCUT2D eigenvalue weighted by Crippen LogP contribution is -2.45. The first kappa shape index (κ1) is 20.7. The fourth-order valence-corrected chi connectivity index (χ4v) is 3.06. The molecule has 1 unspecified atom stereocenters. The average Bonchev–Trinajstić information content (AvgIpc) is 2.89. The van der Waals surface area contributed by atoms with Crippen molar-refractivity contribution in [2.75, 3.05) is 13.1 Å². The van der Waals surface area contributed by atoms with Gasteiger partial charge in [-0.1, -0.05) is 0 Å². The Morgan fingerprint density at radius 3 is 2.71 bits per heavy atom. The summed E-state index contributed by atoms with van der Waals surface area (Å²) in [5, 5.41) is 5.22. The summed E-state index contributed by atoms with van der Waals surface area (Å²) in [5.41, 5.74) is 8.30. The molecule has 0 aromatic carbocycles. The normalized spacial score (nSPS) is 17.5. The molecule has 2 N–H and O–H groups in total. The monoisotopic (exact) mass is 373 g/mol. The van der Waals surface area contributed by atoms with Crippen LogP contribution in [0, 0.1) is 6.92 Å².